The van der Waals surface area contributed by atoms with Crippen LogP contribution in [0.5, 0.6) is 0 Å². The number of hydrogen-bond donors (Lipinski definition) is 8. The topological polar surface area (TPSA) is 295 Å². The number of carboxylic acids is 1. The van der Waals surface area contributed by atoms with Crippen molar-refractivity contribution >= 4 is 23.9 Å². The number of aliphatic hydroxyl groups excluding tert-OH is 7. The van der Waals surface area contributed by atoms with Gasteiger partial charge in [-0.25, -0.2) is 0 Å². The highest BCUT2D eigenvalue weighted by Crippen LogP contribution is 2.32. The van der Waals surface area contributed by atoms with Crippen LogP contribution in [0.2, 0.25) is 0 Å². The van der Waals surface area contributed by atoms with Gasteiger partial charge in [0.2, 0.25) is 0 Å². The van der Waals surface area contributed by atoms with Crippen molar-refractivity contribution in [2.24, 2.45) is 0 Å². The summed E-state index contributed by atoms with van der Waals surface area (Å²) in [6, 6.07) is 0. The van der Waals surface area contributed by atoms with Crippen molar-refractivity contribution < 1.29 is 93.2 Å². The Balaban J connectivity index is 1.97. The molecule has 2 aliphatic heterocycles. The Labute approximate surface area is 346 Å². The number of esters is 3. The minimum Gasteiger partial charge on any atom is -0.481 e. The highest BCUT2D eigenvalue weighted by atomic mass is 16.8. The van der Waals surface area contributed by atoms with Crippen molar-refractivity contribution in [3.63, 3.8) is 0 Å². The van der Waals surface area contributed by atoms with E-state index in [1.165, 1.54) is 0 Å². The molecular formula is C40H70O19. The van der Waals surface area contributed by atoms with Gasteiger partial charge < -0.3 is 74.0 Å². The molecule has 13 atom stereocenters. The minimum atomic E-state index is -1.87. The molecule has 59 heavy (non-hydrogen) atoms. The Morgan fingerprint density at radius 3 is 1.59 bits per heavy atom. The number of carboxylic acid groups (broad SMARTS) is 1. The average molecular weight is 855 g/mol. The molecule has 0 aromatic carbocycles. The maximum atomic E-state index is 12.9. The van der Waals surface area contributed by atoms with Gasteiger partial charge in [-0.3, -0.25) is 19.2 Å². The number of aliphatic hydroxyl groups is 7. The second kappa shape index (κ2) is 28.9. The zero-order valence-electron chi connectivity index (χ0n) is 34.7. The number of aliphatic carboxylic acids is 1. The summed E-state index contributed by atoms with van der Waals surface area (Å²) in [5.41, 5.74) is 0. The monoisotopic (exact) mass is 854 g/mol. The van der Waals surface area contributed by atoms with Crippen LogP contribution in [0.4, 0.5) is 0 Å². The summed E-state index contributed by atoms with van der Waals surface area (Å²) >= 11 is 0. The normalized spacial score (nSPS) is 28.6. The van der Waals surface area contributed by atoms with Gasteiger partial charge in [-0.15, -0.1) is 0 Å². The first-order chi connectivity index (χ1) is 28.0. The van der Waals surface area contributed by atoms with Crippen LogP contribution >= 0.6 is 0 Å². The molecule has 0 radical (unpaired) electrons. The lowest BCUT2D eigenvalue weighted by atomic mass is 9.96. The molecule has 19 heteroatoms. The lowest BCUT2D eigenvalue weighted by molar-refractivity contribution is -0.361. The fourth-order valence-corrected chi connectivity index (χ4v) is 6.89. The van der Waals surface area contributed by atoms with Crippen molar-refractivity contribution in [3.05, 3.63) is 0 Å². The summed E-state index contributed by atoms with van der Waals surface area (Å²) in [5, 5.41) is 83.5. The Kier molecular flexibility index (Phi) is 25.7. The van der Waals surface area contributed by atoms with E-state index in [0.717, 1.165) is 78.1 Å². The first-order valence-electron chi connectivity index (χ1n) is 21.1. The molecule has 344 valence electrons. The number of unbranched alkanes of at least 4 members (excludes halogenated alkanes) is 10. The van der Waals surface area contributed by atoms with Crippen molar-refractivity contribution in [1.29, 1.82) is 0 Å². The Hall–Kier alpha value is -2.56. The molecule has 0 aromatic rings. The molecule has 0 spiro atoms. The first kappa shape index (κ1) is 52.6. The van der Waals surface area contributed by atoms with Crippen LogP contribution in [0.25, 0.3) is 0 Å². The first-order valence-corrected chi connectivity index (χ1v) is 21.1. The zero-order valence-corrected chi connectivity index (χ0v) is 34.7. The number of carbonyl (C=O) groups is 4. The Morgan fingerprint density at radius 1 is 0.576 bits per heavy atom. The van der Waals surface area contributed by atoms with Crippen LogP contribution in [-0.2, 0) is 52.3 Å². The molecule has 2 aliphatic rings. The van der Waals surface area contributed by atoms with Gasteiger partial charge in [0.25, 0.3) is 0 Å². The molecule has 2 heterocycles. The zero-order chi connectivity index (χ0) is 43.9. The number of rotatable bonds is 30. The second-order valence-corrected chi connectivity index (χ2v) is 15.6. The fourth-order valence-electron chi connectivity index (χ4n) is 6.89. The SMILES string of the molecule is CCCCC[C@H](O)CC(=O)O[C@H]1[C@H](O[C@H]2[C@H](O)[C@@H](O)[C@H](OC[C@H](O)CCCCCCCCCCC[C@@H](O)CC(=O)O)O[C@@H]2COC(C)=O)O[C@H](COC(C)=O)[C@@H](O)[C@@H]1O. The van der Waals surface area contributed by atoms with Crippen LogP contribution in [-0.4, -0.2) is 164 Å². The molecule has 0 unspecified atom stereocenters. The van der Waals surface area contributed by atoms with Crippen LogP contribution in [0.1, 0.15) is 130 Å². The van der Waals surface area contributed by atoms with E-state index < -0.39 is 123 Å². The summed E-state index contributed by atoms with van der Waals surface area (Å²) < 4.78 is 38.8. The van der Waals surface area contributed by atoms with Crippen molar-refractivity contribution in [3.8, 4) is 0 Å². The quantitative estimate of drug-likeness (QED) is 0.0285. The van der Waals surface area contributed by atoms with Crippen LogP contribution in [0, 0.1) is 0 Å². The highest BCUT2D eigenvalue weighted by molar-refractivity contribution is 5.70. The molecule has 2 rings (SSSR count). The third kappa shape index (κ3) is 20.7. The van der Waals surface area contributed by atoms with E-state index in [1.807, 2.05) is 6.92 Å². The predicted molar refractivity (Wildman–Crippen MR) is 205 cm³/mol. The van der Waals surface area contributed by atoms with Gasteiger partial charge in [-0.05, 0) is 19.3 Å². The molecule has 0 bridgehead atoms. The third-order valence-corrected chi connectivity index (χ3v) is 10.2. The molecule has 2 saturated heterocycles. The number of hydrogen-bond acceptors (Lipinski definition) is 18. The van der Waals surface area contributed by atoms with E-state index in [0.29, 0.717) is 32.1 Å². The fraction of sp³-hybridized carbons (Fsp3) is 0.900. The molecule has 0 aromatic heterocycles. The maximum absolute atomic E-state index is 12.9. The van der Waals surface area contributed by atoms with Gasteiger partial charge in [0.1, 0.15) is 55.9 Å². The molecule has 8 N–H and O–H groups in total. The van der Waals surface area contributed by atoms with Crippen molar-refractivity contribution in [2.45, 2.75) is 210 Å². The summed E-state index contributed by atoms with van der Waals surface area (Å²) in [7, 11) is 0. The van der Waals surface area contributed by atoms with Gasteiger partial charge in [0.15, 0.2) is 18.7 Å². The van der Waals surface area contributed by atoms with E-state index in [4.69, 9.17) is 38.3 Å². The van der Waals surface area contributed by atoms with Gasteiger partial charge in [-0.1, -0.05) is 84.0 Å². The smallest absolute Gasteiger partial charge is 0.308 e. The Bertz CT molecular complexity index is 1210. The standard InChI is InChI=1S/C40H70O19/c1-4-5-13-16-27(44)20-32(48)58-38-34(50)33(49)29(22-53-24(2)41)56-40(38)59-37-30(23-54-25(3)42)57-39(36(52)35(37)51)55-21-28(45)18-15-12-10-8-6-7-9-11-14-17-26(43)19-31(46)47/h26-30,33-40,43-45,49-52H,4-23H2,1-3H3,(H,46,47)/t26-,27+,28-,29-,30-,33-,34+,35-,36-,37-,38-,39-,40+/m1/s1. The lowest BCUT2D eigenvalue weighted by Gasteiger charge is -2.46. The van der Waals surface area contributed by atoms with E-state index in [2.05, 4.69) is 0 Å². The van der Waals surface area contributed by atoms with Crippen molar-refractivity contribution in [1.82, 2.24) is 0 Å². The maximum Gasteiger partial charge on any atom is 0.308 e. The molecule has 2 fully saturated rings. The molecule has 0 amide bonds. The number of ether oxygens (including phenoxy) is 7. The summed E-state index contributed by atoms with van der Waals surface area (Å²) in [6.07, 6.45) is -8.11. The second-order valence-electron chi connectivity index (χ2n) is 15.6. The van der Waals surface area contributed by atoms with Gasteiger partial charge >= 0.3 is 23.9 Å². The van der Waals surface area contributed by atoms with E-state index in [9.17, 15) is 54.9 Å². The summed E-state index contributed by atoms with van der Waals surface area (Å²) in [6.45, 7) is 2.89. The van der Waals surface area contributed by atoms with Crippen LogP contribution in [0.3, 0.4) is 0 Å². The highest BCUT2D eigenvalue weighted by Gasteiger charge is 2.53. The number of carbonyl (C=O) groups excluding carboxylic acids is 3. The Morgan fingerprint density at radius 2 is 1.05 bits per heavy atom. The van der Waals surface area contributed by atoms with Gasteiger partial charge in [0.05, 0.1) is 37.8 Å². The van der Waals surface area contributed by atoms with Crippen LogP contribution in [0.15, 0.2) is 0 Å². The van der Waals surface area contributed by atoms with Crippen LogP contribution < -0.4 is 0 Å². The molecule has 0 saturated carbocycles. The average Bonchev–Trinajstić information content (AvgIpc) is 3.16. The molecule has 19 nitrogen and oxygen atoms in total. The molecular weight excluding hydrogens is 784 g/mol. The van der Waals surface area contributed by atoms with Gasteiger partial charge in [0, 0.05) is 13.8 Å². The largest absolute Gasteiger partial charge is 0.481 e. The summed E-state index contributed by atoms with van der Waals surface area (Å²) in [4.78, 5) is 46.8. The van der Waals surface area contributed by atoms with Gasteiger partial charge in [-0.2, -0.15) is 0 Å². The van der Waals surface area contributed by atoms with E-state index in [1.54, 1.807) is 0 Å². The minimum absolute atomic E-state index is 0.231. The lowest BCUT2D eigenvalue weighted by Crippen LogP contribution is -2.65. The summed E-state index contributed by atoms with van der Waals surface area (Å²) in [5.74, 6) is -3.40. The van der Waals surface area contributed by atoms with E-state index >= 15 is 0 Å². The van der Waals surface area contributed by atoms with Crippen molar-refractivity contribution in [2.75, 3.05) is 19.8 Å². The predicted octanol–water partition coefficient (Wildman–Crippen LogP) is 1.14. The molecule has 0 aliphatic carbocycles. The van der Waals surface area contributed by atoms with E-state index in [-0.39, 0.29) is 13.0 Å². The third-order valence-electron chi connectivity index (χ3n) is 10.2.